The molecule has 2 aromatic heterocycles. The first kappa shape index (κ1) is 20.5. The van der Waals surface area contributed by atoms with Crippen LogP contribution in [0.15, 0.2) is 91.0 Å². The molecule has 5 heteroatoms. The summed E-state index contributed by atoms with van der Waals surface area (Å²) in [5.74, 6) is 2.23. The summed E-state index contributed by atoms with van der Waals surface area (Å²) < 4.78 is 13.6. The molecule has 0 amide bonds. The normalized spacial score (nSPS) is 11.2. The fourth-order valence-corrected chi connectivity index (χ4v) is 5.54. The summed E-state index contributed by atoms with van der Waals surface area (Å²) in [5.41, 5.74) is 4.89. The number of ether oxygens (including phenoxy) is 2. The summed E-state index contributed by atoms with van der Waals surface area (Å²) in [6.45, 7) is 0. The standard InChI is InChI=1S/C29H22N2O2S/c1-32-20-13-15-24(33-2)23(17-20)29-30-27(18-8-4-3-5-9-18)28(31-29)19-12-14-22-21-10-6-7-11-25(21)34-26(22)16-19/h3-17H,1-2H3,(H,30,31). The van der Waals surface area contributed by atoms with E-state index in [1.807, 2.05) is 47.7 Å². The first-order valence-electron chi connectivity index (χ1n) is 11.0. The van der Waals surface area contributed by atoms with Crippen LogP contribution in [0.5, 0.6) is 11.5 Å². The Balaban J connectivity index is 1.57. The number of aromatic amines is 1. The number of thiophene rings is 1. The van der Waals surface area contributed by atoms with Crippen molar-refractivity contribution in [3.8, 4) is 45.4 Å². The van der Waals surface area contributed by atoms with Crippen molar-refractivity contribution in [2.75, 3.05) is 14.2 Å². The van der Waals surface area contributed by atoms with Gasteiger partial charge in [-0.2, -0.15) is 0 Å². The summed E-state index contributed by atoms with van der Waals surface area (Å²) in [6, 6.07) is 31.2. The van der Waals surface area contributed by atoms with Gasteiger partial charge in [-0.3, -0.25) is 0 Å². The van der Waals surface area contributed by atoms with Crippen LogP contribution in [0.3, 0.4) is 0 Å². The first-order chi connectivity index (χ1) is 16.7. The van der Waals surface area contributed by atoms with E-state index in [0.29, 0.717) is 0 Å². The maximum atomic E-state index is 5.64. The van der Waals surface area contributed by atoms with E-state index in [1.54, 1.807) is 14.2 Å². The van der Waals surface area contributed by atoms with Gasteiger partial charge in [-0.05, 0) is 30.3 Å². The summed E-state index contributed by atoms with van der Waals surface area (Å²) in [6.07, 6.45) is 0. The van der Waals surface area contributed by atoms with E-state index in [-0.39, 0.29) is 0 Å². The van der Waals surface area contributed by atoms with Gasteiger partial charge >= 0.3 is 0 Å². The summed E-state index contributed by atoms with van der Waals surface area (Å²) in [4.78, 5) is 8.66. The Morgan fingerprint density at radius 3 is 2.32 bits per heavy atom. The van der Waals surface area contributed by atoms with Gasteiger partial charge in [-0.25, -0.2) is 4.98 Å². The minimum Gasteiger partial charge on any atom is -0.497 e. The van der Waals surface area contributed by atoms with Crippen LogP contribution in [0, 0.1) is 0 Å². The quantitative estimate of drug-likeness (QED) is 0.284. The van der Waals surface area contributed by atoms with Crippen LogP contribution in [0.4, 0.5) is 0 Å². The third kappa shape index (κ3) is 3.42. The third-order valence-electron chi connectivity index (χ3n) is 6.08. The van der Waals surface area contributed by atoms with Crippen molar-refractivity contribution in [2.45, 2.75) is 0 Å². The van der Waals surface area contributed by atoms with Crippen LogP contribution in [0.1, 0.15) is 0 Å². The molecule has 34 heavy (non-hydrogen) atoms. The molecule has 4 nitrogen and oxygen atoms in total. The van der Waals surface area contributed by atoms with Gasteiger partial charge in [0, 0.05) is 31.3 Å². The number of nitrogens with zero attached hydrogens (tertiary/aromatic N) is 1. The van der Waals surface area contributed by atoms with Crippen molar-refractivity contribution < 1.29 is 9.47 Å². The SMILES string of the molecule is COc1ccc(OC)c(-c2nc(-c3ccc4c(c3)sc3ccccc34)c(-c3ccccc3)[nH]2)c1. The minimum absolute atomic E-state index is 0.737. The first-order valence-corrected chi connectivity index (χ1v) is 11.9. The number of benzene rings is 4. The van der Waals surface area contributed by atoms with E-state index in [9.17, 15) is 0 Å². The highest BCUT2D eigenvalue weighted by molar-refractivity contribution is 7.25. The van der Waals surface area contributed by atoms with E-state index in [2.05, 4.69) is 59.6 Å². The highest BCUT2D eigenvalue weighted by Gasteiger charge is 2.19. The molecule has 0 aliphatic heterocycles. The van der Waals surface area contributed by atoms with Crippen LogP contribution < -0.4 is 9.47 Å². The molecule has 0 saturated heterocycles. The lowest BCUT2D eigenvalue weighted by Gasteiger charge is -2.08. The molecule has 0 bridgehead atoms. The van der Waals surface area contributed by atoms with Crippen molar-refractivity contribution >= 4 is 31.5 Å². The van der Waals surface area contributed by atoms with Gasteiger partial charge in [0.05, 0.1) is 31.2 Å². The van der Waals surface area contributed by atoms with E-state index in [4.69, 9.17) is 14.5 Å². The maximum Gasteiger partial charge on any atom is 0.142 e. The molecule has 2 heterocycles. The van der Waals surface area contributed by atoms with E-state index in [1.165, 1.54) is 20.2 Å². The van der Waals surface area contributed by atoms with Crippen LogP contribution in [0.2, 0.25) is 0 Å². The summed E-state index contributed by atoms with van der Waals surface area (Å²) in [5, 5.41) is 2.57. The zero-order valence-electron chi connectivity index (χ0n) is 18.8. The fourth-order valence-electron chi connectivity index (χ4n) is 4.40. The molecule has 166 valence electrons. The van der Waals surface area contributed by atoms with Crippen LogP contribution in [0.25, 0.3) is 54.1 Å². The van der Waals surface area contributed by atoms with Gasteiger partial charge in [0.1, 0.15) is 17.3 Å². The number of nitrogens with one attached hydrogen (secondary N) is 1. The maximum absolute atomic E-state index is 5.64. The van der Waals surface area contributed by atoms with E-state index >= 15 is 0 Å². The molecule has 0 aliphatic carbocycles. The molecule has 0 radical (unpaired) electrons. The van der Waals surface area contributed by atoms with Crippen LogP contribution in [-0.4, -0.2) is 24.2 Å². The third-order valence-corrected chi connectivity index (χ3v) is 7.21. The highest BCUT2D eigenvalue weighted by atomic mass is 32.1. The summed E-state index contributed by atoms with van der Waals surface area (Å²) >= 11 is 1.81. The Bertz CT molecular complexity index is 1630. The smallest absolute Gasteiger partial charge is 0.142 e. The number of rotatable bonds is 5. The average molecular weight is 463 g/mol. The zero-order valence-corrected chi connectivity index (χ0v) is 19.6. The second-order valence-corrected chi connectivity index (χ2v) is 9.13. The lowest BCUT2D eigenvalue weighted by atomic mass is 10.0. The lowest BCUT2D eigenvalue weighted by molar-refractivity contribution is 0.404. The number of hydrogen-bond donors (Lipinski definition) is 1. The fraction of sp³-hybridized carbons (Fsp3) is 0.0690. The van der Waals surface area contributed by atoms with Crippen LogP contribution >= 0.6 is 11.3 Å². The number of H-pyrrole nitrogens is 1. The Labute approximate surface area is 201 Å². The molecular formula is C29H22N2O2S. The topological polar surface area (TPSA) is 47.1 Å². The average Bonchev–Trinajstić information content (AvgIpc) is 3.50. The molecule has 0 atom stereocenters. The second-order valence-electron chi connectivity index (χ2n) is 8.05. The highest BCUT2D eigenvalue weighted by Crippen LogP contribution is 2.40. The second kappa shape index (κ2) is 8.36. The van der Waals surface area contributed by atoms with Crippen molar-refractivity contribution in [3.63, 3.8) is 0 Å². The van der Waals surface area contributed by atoms with Gasteiger partial charge in [-0.15, -0.1) is 11.3 Å². The van der Waals surface area contributed by atoms with Gasteiger partial charge in [0.15, 0.2) is 0 Å². The summed E-state index contributed by atoms with van der Waals surface area (Å²) in [7, 11) is 3.33. The molecule has 4 aromatic carbocycles. The molecule has 0 spiro atoms. The predicted molar refractivity (Wildman–Crippen MR) is 141 cm³/mol. The molecule has 0 unspecified atom stereocenters. The number of fused-ring (bicyclic) bond motifs is 3. The van der Waals surface area contributed by atoms with Gasteiger partial charge in [-0.1, -0.05) is 60.7 Å². The van der Waals surface area contributed by atoms with Crippen LogP contribution in [-0.2, 0) is 0 Å². The molecule has 0 aliphatic rings. The number of imidazole rings is 1. The monoisotopic (exact) mass is 462 g/mol. The number of methoxy groups -OCH3 is 2. The van der Waals surface area contributed by atoms with E-state index in [0.717, 1.165) is 45.4 Å². The molecule has 6 rings (SSSR count). The Morgan fingerprint density at radius 2 is 1.50 bits per heavy atom. The number of aromatic nitrogens is 2. The predicted octanol–water partition coefficient (Wildman–Crippen LogP) is 7.80. The Morgan fingerprint density at radius 1 is 0.706 bits per heavy atom. The number of hydrogen-bond acceptors (Lipinski definition) is 4. The lowest BCUT2D eigenvalue weighted by Crippen LogP contribution is -1.91. The Hall–Kier alpha value is -4.09. The largest absolute Gasteiger partial charge is 0.497 e. The van der Waals surface area contributed by atoms with Crippen molar-refractivity contribution in [2.24, 2.45) is 0 Å². The van der Waals surface area contributed by atoms with E-state index < -0.39 is 0 Å². The molecular weight excluding hydrogens is 440 g/mol. The Kier molecular flexibility index (Phi) is 5.04. The molecule has 0 saturated carbocycles. The van der Waals surface area contributed by atoms with Gasteiger partial charge in [0.2, 0.25) is 0 Å². The van der Waals surface area contributed by atoms with Gasteiger partial charge in [0.25, 0.3) is 0 Å². The van der Waals surface area contributed by atoms with Crippen molar-refractivity contribution in [1.29, 1.82) is 0 Å². The zero-order chi connectivity index (χ0) is 23.1. The van der Waals surface area contributed by atoms with Crippen molar-refractivity contribution in [1.82, 2.24) is 9.97 Å². The minimum atomic E-state index is 0.737. The molecule has 1 N–H and O–H groups in total. The van der Waals surface area contributed by atoms with Crippen molar-refractivity contribution in [3.05, 3.63) is 91.0 Å². The van der Waals surface area contributed by atoms with Gasteiger partial charge < -0.3 is 14.5 Å². The molecule has 0 fully saturated rings. The molecule has 6 aromatic rings.